The lowest BCUT2D eigenvalue weighted by Crippen LogP contribution is -2.27. The average Bonchev–Trinajstić information content (AvgIpc) is 2.28. The predicted octanol–water partition coefficient (Wildman–Crippen LogP) is 1.26. The van der Waals surface area contributed by atoms with Gasteiger partial charge in [0, 0.05) is 7.05 Å². The number of sulfonamides is 1. The monoisotopic (exact) mass is 253 g/mol. The number of methoxy groups -OCH3 is 1. The van der Waals surface area contributed by atoms with Gasteiger partial charge in [-0.3, -0.25) is 0 Å². The molecular formula is C12H15NO3S. The third kappa shape index (κ3) is 2.78. The minimum Gasteiger partial charge on any atom is -0.497 e. The molecule has 0 bridgehead atoms. The van der Waals surface area contributed by atoms with E-state index < -0.39 is 10.0 Å². The van der Waals surface area contributed by atoms with E-state index in [1.807, 2.05) is 0 Å². The van der Waals surface area contributed by atoms with Gasteiger partial charge in [-0.1, -0.05) is 5.92 Å². The lowest BCUT2D eigenvalue weighted by molar-refractivity contribution is 0.414. The first-order chi connectivity index (χ1) is 7.93. The molecule has 0 spiro atoms. The van der Waals surface area contributed by atoms with E-state index in [9.17, 15) is 8.42 Å². The molecule has 0 aliphatic carbocycles. The molecule has 0 fully saturated rings. The number of nitrogens with zero attached hydrogens (tertiary/aromatic N) is 1. The summed E-state index contributed by atoms with van der Waals surface area (Å²) in [4.78, 5) is 0.246. The molecule has 0 N–H and O–H groups in total. The lowest BCUT2D eigenvalue weighted by atomic mass is 10.2. The topological polar surface area (TPSA) is 46.6 Å². The molecule has 1 aromatic rings. The second-order valence-corrected chi connectivity index (χ2v) is 5.61. The summed E-state index contributed by atoms with van der Waals surface area (Å²) in [6.45, 7) is 1.77. The Balaban J connectivity index is 3.21. The number of aryl methyl sites for hydroxylation is 1. The van der Waals surface area contributed by atoms with Crippen LogP contribution in [0.4, 0.5) is 0 Å². The molecule has 0 amide bonds. The largest absolute Gasteiger partial charge is 0.497 e. The van der Waals surface area contributed by atoms with Crippen molar-refractivity contribution in [3.05, 3.63) is 23.8 Å². The third-order valence-electron chi connectivity index (χ3n) is 2.38. The normalized spacial score (nSPS) is 11.2. The van der Waals surface area contributed by atoms with Gasteiger partial charge in [-0.15, -0.1) is 6.42 Å². The van der Waals surface area contributed by atoms with Crippen LogP contribution in [0.2, 0.25) is 0 Å². The van der Waals surface area contributed by atoms with Crippen LogP contribution < -0.4 is 4.74 Å². The summed E-state index contributed by atoms with van der Waals surface area (Å²) in [7, 11) is -0.529. The molecule has 0 atom stereocenters. The average molecular weight is 253 g/mol. The van der Waals surface area contributed by atoms with Crippen molar-refractivity contribution in [2.45, 2.75) is 11.8 Å². The number of ether oxygens (including phenoxy) is 1. The van der Waals surface area contributed by atoms with Gasteiger partial charge in [0.25, 0.3) is 0 Å². The first kappa shape index (κ1) is 13.6. The van der Waals surface area contributed by atoms with E-state index in [4.69, 9.17) is 11.2 Å². The third-order valence-corrected chi connectivity index (χ3v) is 4.35. The number of terminal acetylenes is 1. The van der Waals surface area contributed by atoms with Crippen LogP contribution in [0.3, 0.4) is 0 Å². The zero-order valence-corrected chi connectivity index (χ0v) is 10.9. The Morgan fingerprint density at radius 2 is 2.12 bits per heavy atom. The summed E-state index contributed by atoms with van der Waals surface area (Å²) in [5.41, 5.74) is 0.633. The molecule has 0 aliphatic rings. The summed E-state index contributed by atoms with van der Waals surface area (Å²) in [6, 6.07) is 4.82. The zero-order chi connectivity index (χ0) is 13.1. The minimum absolute atomic E-state index is 0.0494. The van der Waals surface area contributed by atoms with Gasteiger partial charge in [0.05, 0.1) is 18.6 Å². The molecule has 5 heteroatoms. The van der Waals surface area contributed by atoms with Crippen molar-refractivity contribution in [3.8, 4) is 18.1 Å². The number of rotatable bonds is 4. The van der Waals surface area contributed by atoms with Gasteiger partial charge in [0.15, 0.2) is 0 Å². The maximum absolute atomic E-state index is 12.1. The Morgan fingerprint density at radius 1 is 1.47 bits per heavy atom. The van der Waals surface area contributed by atoms with Crippen molar-refractivity contribution in [1.82, 2.24) is 4.31 Å². The molecule has 92 valence electrons. The van der Waals surface area contributed by atoms with Gasteiger partial charge >= 0.3 is 0 Å². The van der Waals surface area contributed by atoms with Crippen LogP contribution in [0, 0.1) is 19.3 Å². The van der Waals surface area contributed by atoms with Gasteiger partial charge in [0.2, 0.25) is 10.0 Å². The van der Waals surface area contributed by atoms with Gasteiger partial charge in [0.1, 0.15) is 5.75 Å². The van der Waals surface area contributed by atoms with Crippen LogP contribution in [0.15, 0.2) is 23.1 Å². The fraction of sp³-hybridized carbons (Fsp3) is 0.333. The van der Waals surface area contributed by atoms with Crippen molar-refractivity contribution in [1.29, 1.82) is 0 Å². The van der Waals surface area contributed by atoms with Gasteiger partial charge in [-0.25, -0.2) is 8.42 Å². The van der Waals surface area contributed by atoms with Crippen LogP contribution >= 0.6 is 0 Å². The predicted molar refractivity (Wildman–Crippen MR) is 66.4 cm³/mol. The minimum atomic E-state index is -3.52. The van der Waals surface area contributed by atoms with Crippen molar-refractivity contribution in [2.75, 3.05) is 20.7 Å². The molecule has 0 unspecified atom stereocenters. The van der Waals surface area contributed by atoms with Crippen LogP contribution in [0.5, 0.6) is 5.75 Å². The highest BCUT2D eigenvalue weighted by atomic mass is 32.2. The van der Waals surface area contributed by atoms with E-state index in [0.717, 1.165) is 4.31 Å². The van der Waals surface area contributed by atoms with Crippen LogP contribution in [-0.2, 0) is 10.0 Å². The van der Waals surface area contributed by atoms with E-state index in [1.165, 1.54) is 20.2 Å². The maximum Gasteiger partial charge on any atom is 0.243 e. The summed E-state index contributed by atoms with van der Waals surface area (Å²) in [5.74, 6) is 2.93. The van der Waals surface area contributed by atoms with E-state index in [0.29, 0.717) is 11.3 Å². The molecular weight excluding hydrogens is 238 g/mol. The van der Waals surface area contributed by atoms with Gasteiger partial charge < -0.3 is 4.74 Å². The molecule has 1 aromatic carbocycles. The molecule has 0 radical (unpaired) electrons. The first-order valence-corrected chi connectivity index (χ1v) is 6.42. The quantitative estimate of drug-likeness (QED) is 0.759. The molecule has 0 aromatic heterocycles. The molecule has 17 heavy (non-hydrogen) atoms. The van der Waals surface area contributed by atoms with Crippen molar-refractivity contribution >= 4 is 10.0 Å². The number of benzene rings is 1. The van der Waals surface area contributed by atoms with E-state index in [-0.39, 0.29) is 11.4 Å². The van der Waals surface area contributed by atoms with Crippen LogP contribution in [-0.4, -0.2) is 33.4 Å². The zero-order valence-electron chi connectivity index (χ0n) is 10.1. The van der Waals surface area contributed by atoms with Crippen molar-refractivity contribution in [3.63, 3.8) is 0 Å². The Labute approximate surface area is 102 Å². The van der Waals surface area contributed by atoms with Crippen molar-refractivity contribution in [2.24, 2.45) is 0 Å². The number of hydrogen-bond acceptors (Lipinski definition) is 3. The molecule has 0 saturated heterocycles. The summed E-state index contributed by atoms with van der Waals surface area (Å²) >= 11 is 0. The summed E-state index contributed by atoms with van der Waals surface area (Å²) in [6.07, 6.45) is 5.11. The molecule has 1 rings (SSSR count). The second-order valence-electron chi connectivity index (χ2n) is 3.60. The molecule has 0 heterocycles. The fourth-order valence-corrected chi connectivity index (χ4v) is 2.71. The van der Waals surface area contributed by atoms with Gasteiger partial charge in [-0.05, 0) is 30.7 Å². The highest BCUT2D eigenvalue weighted by Gasteiger charge is 2.22. The first-order valence-electron chi connectivity index (χ1n) is 4.98. The van der Waals surface area contributed by atoms with E-state index >= 15 is 0 Å². The molecule has 0 aliphatic heterocycles. The van der Waals surface area contributed by atoms with E-state index in [1.54, 1.807) is 19.1 Å². The fourth-order valence-electron chi connectivity index (χ4n) is 1.42. The lowest BCUT2D eigenvalue weighted by Gasteiger charge is -2.16. The Hall–Kier alpha value is -1.51. The Kier molecular flexibility index (Phi) is 4.16. The molecule has 0 saturated carbocycles. The number of hydrogen-bond donors (Lipinski definition) is 0. The highest BCUT2D eigenvalue weighted by molar-refractivity contribution is 7.89. The van der Waals surface area contributed by atoms with E-state index in [2.05, 4.69) is 5.92 Å². The van der Waals surface area contributed by atoms with Crippen LogP contribution in [0.1, 0.15) is 5.56 Å². The smallest absolute Gasteiger partial charge is 0.243 e. The Morgan fingerprint density at radius 3 is 2.59 bits per heavy atom. The van der Waals surface area contributed by atoms with Crippen LogP contribution in [0.25, 0.3) is 0 Å². The summed E-state index contributed by atoms with van der Waals surface area (Å²) in [5, 5.41) is 0. The summed E-state index contributed by atoms with van der Waals surface area (Å²) < 4.78 is 30.4. The second kappa shape index (κ2) is 5.21. The molecule has 4 nitrogen and oxygen atoms in total. The van der Waals surface area contributed by atoms with Gasteiger partial charge in [-0.2, -0.15) is 4.31 Å². The maximum atomic E-state index is 12.1. The standard InChI is InChI=1S/C12H15NO3S/c1-5-8-13(3)17(14,15)12-7-6-11(16-4)9-10(12)2/h1,6-7,9H,8H2,2-4H3. The SMILES string of the molecule is C#CCN(C)S(=O)(=O)c1ccc(OC)cc1C. The van der Waals surface area contributed by atoms with Crippen molar-refractivity contribution < 1.29 is 13.2 Å². The highest BCUT2D eigenvalue weighted by Crippen LogP contribution is 2.23. The Bertz CT molecular complexity index is 543.